The molecule has 5 rings (SSSR count). The van der Waals surface area contributed by atoms with Crippen molar-refractivity contribution in [3.05, 3.63) is 149 Å². The van der Waals surface area contributed by atoms with Crippen molar-refractivity contribution in [3.63, 3.8) is 0 Å². The summed E-state index contributed by atoms with van der Waals surface area (Å²) >= 11 is 0. The molecule has 52 heavy (non-hydrogen) atoms. The first-order valence-corrected chi connectivity index (χ1v) is 20.2. The number of nitrogens with zero attached hydrogens (tertiary/aromatic N) is 2. The van der Waals surface area contributed by atoms with Gasteiger partial charge in [0, 0.05) is 43.5 Å². The van der Waals surface area contributed by atoms with Gasteiger partial charge in [-0.05, 0) is 96.3 Å². The molecule has 15 heteroatoms. The Labute approximate surface area is 327 Å². The second-order valence-corrected chi connectivity index (χ2v) is 16.1. The van der Waals surface area contributed by atoms with E-state index in [9.17, 15) is 38.9 Å². The van der Waals surface area contributed by atoms with Gasteiger partial charge in [-0.3, -0.25) is 9.11 Å². The van der Waals surface area contributed by atoms with Gasteiger partial charge in [-0.1, -0.05) is 66.7 Å². The third kappa shape index (κ3) is 10.1. The molecule has 0 fully saturated rings. The Morgan fingerprint density at radius 2 is 1.02 bits per heavy atom. The molecule has 11 nitrogen and oxygen atoms in total. The molecule has 2 N–H and O–H groups in total. The number of benzene rings is 5. The van der Waals surface area contributed by atoms with E-state index in [4.69, 9.17) is 0 Å². The van der Waals surface area contributed by atoms with Crippen molar-refractivity contribution >= 4 is 41.7 Å². The quantitative estimate of drug-likeness (QED) is 0.0964. The van der Waals surface area contributed by atoms with E-state index in [1.807, 2.05) is 72.2 Å². The average Bonchev–Trinajstić information content (AvgIpc) is 3.10. The molecule has 1 atom stereocenters. The monoisotopic (exact) mass is 772 g/mol. The van der Waals surface area contributed by atoms with Crippen LogP contribution in [0.5, 0.6) is 0 Å². The zero-order chi connectivity index (χ0) is 37.0. The van der Waals surface area contributed by atoms with E-state index in [1.54, 1.807) is 30.3 Å². The largest absolute Gasteiger partial charge is 1.00 e. The first kappa shape index (κ1) is 41.2. The summed E-state index contributed by atoms with van der Waals surface area (Å²) in [5.74, 6) is -0.609. The van der Waals surface area contributed by atoms with E-state index in [0.717, 1.165) is 22.5 Å². The van der Waals surface area contributed by atoms with Crippen LogP contribution in [0.2, 0.25) is 0 Å². The standard InChI is InChI=1S/C37H38N2O9S3.Na/c1-3-38(25-27-9-7-11-33(23-27)49(40,41)42)31-19-15-29(16-20-31)37(35-13-5-6-14-36(35)51(46,47)48)30-17-21-32(22-18-30)39(4-2)26-28-10-8-12-34(24-28)50(43,44)45;/h5-24,37H,3-4,25-26H2,1-2H3,(H,40,41,42)(H,43,44,45)(H,46,47,48);/q;+1/p-1. The molecule has 0 bridgehead atoms. The zero-order valence-corrected chi connectivity index (χ0v) is 33.3. The molecule has 0 heterocycles. The van der Waals surface area contributed by atoms with Gasteiger partial charge < -0.3 is 14.4 Å². The number of hydrogen-bond acceptors (Lipinski definition) is 9. The Morgan fingerprint density at radius 3 is 1.44 bits per heavy atom. The summed E-state index contributed by atoms with van der Waals surface area (Å²) in [7, 11) is -13.5. The third-order valence-corrected chi connectivity index (χ3v) is 11.2. The molecule has 1 unspecified atom stereocenters. The molecule has 0 saturated heterocycles. The second-order valence-electron chi connectivity index (χ2n) is 11.9. The molecule has 0 aliphatic rings. The van der Waals surface area contributed by atoms with E-state index in [-0.39, 0.29) is 44.2 Å². The molecule has 5 aromatic rings. The number of rotatable bonds is 14. The molecule has 268 valence electrons. The Hall–Kier alpha value is -3.57. The minimum absolute atomic E-state index is 0. The Bertz CT molecular complexity index is 2210. The third-order valence-electron chi connectivity index (χ3n) is 8.58. The summed E-state index contributed by atoms with van der Waals surface area (Å²) in [6.07, 6.45) is 0. The van der Waals surface area contributed by atoms with Crippen LogP contribution in [0.15, 0.2) is 136 Å². The molecule has 0 radical (unpaired) electrons. The Balaban J connectivity index is 0.00000605. The molecule has 0 aromatic heterocycles. The smallest absolute Gasteiger partial charge is 0.744 e. The van der Waals surface area contributed by atoms with Crippen molar-refractivity contribution < 1.29 is 68.5 Å². The molecule has 0 aliphatic heterocycles. The van der Waals surface area contributed by atoms with Crippen LogP contribution in [0.25, 0.3) is 0 Å². The molecular formula is C37H37N2NaO9S3. The Kier molecular flexibility index (Phi) is 13.5. The predicted molar refractivity (Wildman–Crippen MR) is 194 cm³/mol. The van der Waals surface area contributed by atoms with Crippen LogP contribution in [0.3, 0.4) is 0 Å². The molecule has 5 aromatic carbocycles. The minimum atomic E-state index is -4.60. The minimum Gasteiger partial charge on any atom is -0.744 e. The molecule has 0 aliphatic carbocycles. The fourth-order valence-corrected chi connectivity index (χ4v) is 7.90. The van der Waals surface area contributed by atoms with Gasteiger partial charge in [0.1, 0.15) is 10.1 Å². The normalized spacial score (nSPS) is 12.5. The van der Waals surface area contributed by atoms with E-state index < -0.39 is 36.3 Å². The van der Waals surface area contributed by atoms with Crippen molar-refractivity contribution in [2.45, 2.75) is 47.5 Å². The fraction of sp³-hybridized carbons (Fsp3) is 0.189. The topological polar surface area (TPSA) is 172 Å². The van der Waals surface area contributed by atoms with E-state index in [0.29, 0.717) is 42.9 Å². The van der Waals surface area contributed by atoms with Crippen molar-refractivity contribution in [2.75, 3.05) is 22.9 Å². The van der Waals surface area contributed by atoms with Crippen molar-refractivity contribution in [2.24, 2.45) is 0 Å². The summed E-state index contributed by atoms with van der Waals surface area (Å²) in [6.45, 7) is 5.74. The maximum Gasteiger partial charge on any atom is 1.00 e. The first-order chi connectivity index (χ1) is 24.1. The average molecular weight is 773 g/mol. The van der Waals surface area contributed by atoms with Crippen LogP contribution in [0, 0.1) is 0 Å². The SMILES string of the molecule is CCN(Cc1cccc(S(=O)(=O)[O-])c1)c1ccc(C(c2ccc(N(CC)Cc3cccc(S(=O)(=O)O)c3)cc2)c2ccccc2S(=O)(=O)O)cc1.[Na+]. The van der Waals surface area contributed by atoms with Crippen LogP contribution < -0.4 is 39.4 Å². The van der Waals surface area contributed by atoms with E-state index in [1.165, 1.54) is 42.5 Å². The van der Waals surface area contributed by atoms with Gasteiger partial charge >= 0.3 is 29.6 Å². The van der Waals surface area contributed by atoms with E-state index >= 15 is 0 Å². The summed E-state index contributed by atoms with van der Waals surface area (Å²) in [4.78, 5) is 3.31. The molecule has 0 spiro atoms. The second kappa shape index (κ2) is 17.1. The van der Waals surface area contributed by atoms with Crippen molar-refractivity contribution in [1.82, 2.24) is 0 Å². The number of anilines is 2. The molecule has 0 saturated carbocycles. The van der Waals surface area contributed by atoms with Gasteiger partial charge in [0.2, 0.25) is 0 Å². The van der Waals surface area contributed by atoms with Crippen LogP contribution in [-0.2, 0) is 43.4 Å². The summed E-state index contributed by atoms with van der Waals surface area (Å²) in [5, 5.41) is 0. The van der Waals surface area contributed by atoms with Crippen LogP contribution in [0.1, 0.15) is 47.6 Å². The first-order valence-electron chi connectivity index (χ1n) is 16.0. The number of hydrogen-bond donors (Lipinski definition) is 2. The summed E-state index contributed by atoms with van der Waals surface area (Å²) < 4.78 is 103. The van der Waals surface area contributed by atoms with Gasteiger partial charge in [0.05, 0.1) is 14.7 Å². The van der Waals surface area contributed by atoms with Gasteiger partial charge in [-0.2, -0.15) is 16.8 Å². The van der Waals surface area contributed by atoms with Crippen molar-refractivity contribution in [1.29, 1.82) is 0 Å². The van der Waals surface area contributed by atoms with Gasteiger partial charge in [0.15, 0.2) is 0 Å². The van der Waals surface area contributed by atoms with Gasteiger partial charge in [0.25, 0.3) is 20.2 Å². The van der Waals surface area contributed by atoms with Crippen LogP contribution in [-0.4, -0.2) is 52.0 Å². The summed E-state index contributed by atoms with van der Waals surface area (Å²) in [6, 6.07) is 33.3. The molecular weight excluding hydrogens is 736 g/mol. The maximum atomic E-state index is 12.5. The van der Waals surface area contributed by atoms with E-state index in [2.05, 4.69) is 0 Å². The van der Waals surface area contributed by atoms with Crippen LogP contribution in [0.4, 0.5) is 11.4 Å². The predicted octanol–water partition coefficient (Wildman–Crippen LogP) is 3.32. The van der Waals surface area contributed by atoms with Crippen LogP contribution >= 0.6 is 0 Å². The van der Waals surface area contributed by atoms with Gasteiger partial charge in [-0.25, -0.2) is 8.42 Å². The Morgan fingerprint density at radius 1 is 0.577 bits per heavy atom. The maximum absolute atomic E-state index is 12.5. The fourth-order valence-electron chi connectivity index (χ4n) is 6.08. The van der Waals surface area contributed by atoms with Gasteiger partial charge in [-0.15, -0.1) is 0 Å². The van der Waals surface area contributed by atoms with Crippen molar-refractivity contribution in [3.8, 4) is 0 Å². The summed E-state index contributed by atoms with van der Waals surface area (Å²) in [5.41, 5.74) is 4.82. The molecule has 0 amide bonds. The zero-order valence-electron chi connectivity index (χ0n) is 28.8.